The van der Waals surface area contributed by atoms with Gasteiger partial charge >= 0.3 is 0 Å². The van der Waals surface area contributed by atoms with Crippen LogP contribution >= 0.6 is 22.9 Å². The third-order valence-corrected chi connectivity index (χ3v) is 3.29. The molecule has 0 fully saturated rings. The lowest BCUT2D eigenvalue weighted by atomic mass is 9.93. The Morgan fingerprint density at radius 3 is 2.71 bits per heavy atom. The van der Waals surface area contributed by atoms with Gasteiger partial charge in [-0.2, -0.15) is 0 Å². The molecule has 80 valence electrons. The van der Waals surface area contributed by atoms with Crippen LogP contribution in [0.15, 0.2) is 5.38 Å². The zero-order valence-electron chi connectivity index (χ0n) is 8.75. The predicted molar refractivity (Wildman–Crippen MR) is 63.2 cm³/mol. The summed E-state index contributed by atoms with van der Waals surface area (Å²) >= 11 is 7.31. The van der Waals surface area contributed by atoms with Crippen molar-refractivity contribution in [3.05, 3.63) is 10.5 Å². The van der Waals surface area contributed by atoms with Crippen LogP contribution < -0.4 is 10.6 Å². The molecule has 0 aliphatic carbocycles. The summed E-state index contributed by atoms with van der Waals surface area (Å²) in [6.07, 6.45) is 0. The molecule has 3 nitrogen and oxygen atoms in total. The zero-order chi connectivity index (χ0) is 10.8. The highest BCUT2D eigenvalue weighted by Crippen LogP contribution is 2.25. The number of anilines is 1. The number of rotatable bonds is 4. The van der Waals surface area contributed by atoms with Gasteiger partial charge in [0.25, 0.3) is 0 Å². The molecule has 0 amide bonds. The van der Waals surface area contributed by atoms with E-state index in [1.807, 2.05) is 12.4 Å². The molecule has 0 bridgehead atoms. The fraction of sp³-hybridized carbons (Fsp3) is 0.667. The summed E-state index contributed by atoms with van der Waals surface area (Å²) in [6.45, 7) is 5.82. The molecule has 0 saturated carbocycles. The van der Waals surface area contributed by atoms with Crippen LogP contribution in [0, 0.1) is 5.41 Å². The molecule has 1 heterocycles. The van der Waals surface area contributed by atoms with E-state index in [0.29, 0.717) is 11.7 Å². The number of halogens is 1. The first-order chi connectivity index (χ1) is 6.44. The van der Waals surface area contributed by atoms with E-state index in [4.69, 9.17) is 17.3 Å². The Morgan fingerprint density at radius 1 is 1.64 bits per heavy atom. The normalized spacial score (nSPS) is 11.8. The molecule has 0 spiro atoms. The van der Waals surface area contributed by atoms with Gasteiger partial charge in [-0.3, -0.25) is 0 Å². The van der Waals surface area contributed by atoms with Crippen molar-refractivity contribution in [2.24, 2.45) is 11.1 Å². The van der Waals surface area contributed by atoms with E-state index in [9.17, 15) is 0 Å². The molecule has 0 atom stereocenters. The van der Waals surface area contributed by atoms with Crippen molar-refractivity contribution < 1.29 is 0 Å². The van der Waals surface area contributed by atoms with E-state index in [2.05, 4.69) is 23.7 Å². The van der Waals surface area contributed by atoms with Crippen molar-refractivity contribution in [1.82, 2.24) is 4.98 Å². The zero-order valence-corrected chi connectivity index (χ0v) is 10.3. The van der Waals surface area contributed by atoms with Crippen LogP contribution in [-0.4, -0.2) is 25.1 Å². The minimum atomic E-state index is 0.104. The minimum Gasteiger partial charge on any atom is -0.351 e. The van der Waals surface area contributed by atoms with Crippen molar-refractivity contribution in [2.45, 2.75) is 13.8 Å². The van der Waals surface area contributed by atoms with Gasteiger partial charge in [-0.05, 0) is 12.0 Å². The molecule has 1 aromatic rings. The van der Waals surface area contributed by atoms with Gasteiger partial charge in [-0.15, -0.1) is 11.3 Å². The van der Waals surface area contributed by atoms with Gasteiger partial charge in [0, 0.05) is 19.0 Å². The van der Waals surface area contributed by atoms with E-state index in [1.54, 1.807) is 11.3 Å². The first-order valence-corrected chi connectivity index (χ1v) is 5.72. The Kier molecular flexibility index (Phi) is 3.75. The highest BCUT2D eigenvalue weighted by molar-refractivity contribution is 7.14. The lowest BCUT2D eigenvalue weighted by Crippen LogP contribution is -2.36. The molecule has 1 rings (SSSR count). The second-order valence-electron chi connectivity index (χ2n) is 4.18. The second kappa shape index (κ2) is 4.47. The highest BCUT2D eigenvalue weighted by Gasteiger charge is 2.19. The molecule has 0 aliphatic heterocycles. The van der Waals surface area contributed by atoms with Gasteiger partial charge in [-0.1, -0.05) is 25.4 Å². The quantitative estimate of drug-likeness (QED) is 0.867. The predicted octanol–water partition coefficient (Wildman–Crippen LogP) is 2.22. The Bertz CT molecular complexity index is 298. The summed E-state index contributed by atoms with van der Waals surface area (Å²) in [7, 11) is 2.01. The first kappa shape index (κ1) is 11.8. The SMILES string of the molecule is CN(CC(C)(C)CN)c1nc(Cl)cs1. The van der Waals surface area contributed by atoms with Gasteiger partial charge in [0.15, 0.2) is 5.13 Å². The third kappa shape index (κ3) is 3.12. The molecule has 1 aromatic heterocycles. The Balaban J connectivity index is 2.63. The third-order valence-electron chi connectivity index (χ3n) is 2.01. The number of thiazole rings is 1. The van der Waals surface area contributed by atoms with E-state index >= 15 is 0 Å². The maximum atomic E-state index is 5.76. The lowest BCUT2D eigenvalue weighted by Gasteiger charge is -2.28. The molecule has 2 N–H and O–H groups in total. The van der Waals surface area contributed by atoms with E-state index in [1.165, 1.54) is 0 Å². The molecule has 0 saturated heterocycles. The van der Waals surface area contributed by atoms with Crippen LogP contribution in [0.5, 0.6) is 0 Å². The fourth-order valence-corrected chi connectivity index (χ4v) is 2.11. The Labute approximate surface area is 93.9 Å². The number of nitrogens with zero attached hydrogens (tertiary/aromatic N) is 2. The van der Waals surface area contributed by atoms with E-state index < -0.39 is 0 Å². The van der Waals surface area contributed by atoms with Crippen molar-refractivity contribution in [3.63, 3.8) is 0 Å². The molecule has 0 radical (unpaired) electrons. The Morgan fingerprint density at radius 2 is 2.29 bits per heavy atom. The van der Waals surface area contributed by atoms with Gasteiger partial charge in [0.05, 0.1) is 0 Å². The molecule has 0 unspecified atom stereocenters. The molecule has 0 aliphatic rings. The Hall–Kier alpha value is -0.320. The first-order valence-electron chi connectivity index (χ1n) is 4.47. The second-order valence-corrected chi connectivity index (χ2v) is 5.40. The largest absolute Gasteiger partial charge is 0.351 e. The molecule has 14 heavy (non-hydrogen) atoms. The average molecular weight is 234 g/mol. The summed E-state index contributed by atoms with van der Waals surface area (Å²) in [5.41, 5.74) is 5.77. The van der Waals surface area contributed by atoms with Crippen molar-refractivity contribution in [2.75, 3.05) is 25.0 Å². The van der Waals surface area contributed by atoms with Crippen molar-refractivity contribution >= 4 is 28.1 Å². The maximum absolute atomic E-state index is 5.76. The smallest absolute Gasteiger partial charge is 0.186 e. The van der Waals surface area contributed by atoms with Crippen LogP contribution in [-0.2, 0) is 0 Å². The number of hydrogen-bond acceptors (Lipinski definition) is 4. The summed E-state index contributed by atoms with van der Waals surface area (Å²) in [5, 5.41) is 3.34. The van der Waals surface area contributed by atoms with Crippen LogP contribution in [0.3, 0.4) is 0 Å². The van der Waals surface area contributed by atoms with Crippen LogP contribution in [0.1, 0.15) is 13.8 Å². The fourth-order valence-electron chi connectivity index (χ4n) is 1.19. The van der Waals surface area contributed by atoms with Crippen LogP contribution in [0.25, 0.3) is 0 Å². The van der Waals surface area contributed by atoms with E-state index in [-0.39, 0.29) is 5.41 Å². The van der Waals surface area contributed by atoms with Gasteiger partial charge in [0.1, 0.15) is 5.15 Å². The van der Waals surface area contributed by atoms with Gasteiger partial charge in [0.2, 0.25) is 0 Å². The number of aromatic nitrogens is 1. The van der Waals surface area contributed by atoms with Gasteiger partial charge in [-0.25, -0.2) is 4.98 Å². The topological polar surface area (TPSA) is 42.1 Å². The average Bonchev–Trinajstić information content (AvgIpc) is 2.51. The summed E-state index contributed by atoms with van der Waals surface area (Å²) in [6, 6.07) is 0. The van der Waals surface area contributed by atoms with Crippen molar-refractivity contribution in [1.29, 1.82) is 0 Å². The maximum Gasteiger partial charge on any atom is 0.186 e. The summed E-state index contributed by atoms with van der Waals surface area (Å²) < 4.78 is 0. The highest BCUT2D eigenvalue weighted by atomic mass is 35.5. The molecule has 5 heteroatoms. The van der Waals surface area contributed by atoms with Crippen molar-refractivity contribution in [3.8, 4) is 0 Å². The standard InChI is InChI=1S/C9H16ClN3S/c1-9(2,5-11)6-13(3)8-12-7(10)4-14-8/h4H,5-6,11H2,1-3H3. The summed E-state index contributed by atoms with van der Waals surface area (Å²) in [5.74, 6) is 0. The molecule has 0 aromatic carbocycles. The van der Waals surface area contributed by atoms with Gasteiger partial charge < -0.3 is 10.6 Å². The number of nitrogens with two attached hydrogens (primary N) is 1. The van der Waals surface area contributed by atoms with Crippen LogP contribution in [0.2, 0.25) is 5.15 Å². The molecular weight excluding hydrogens is 218 g/mol. The monoisotopic (exact) mass is 233 g/mol. The number of hydrogen-bond donors (Lipinski definition) is 1. The minimum absolute atomic E-state index is 0.104. The summed E-state index contributed by atoms with van der Waals surface area (Å²) in [4.78, 5) is 6.28. The molecular formula is C9H16ClN3S. The van der Waals surface area contributed by atoms with Crippen LogP contribution in [0.4, 0.5) is 5.13 Å². The lowest BCUT2D eigenvalue weighted by molar-refractivity contribution is 0.385. The van der Waals surface area contributed by atoms with E-state index in [0.717, 1.165) is 11.7 Å².